The van der Waals surface area contributed by atoms with E-state index in [2.05, 4.69) is 10.1 Å². The Kier molecular flexibility index (Phi) is 12.8. The third kappa shape index (κ3) is 9.48. The van der Waals surface area contributed by atoms with Gasteiger partial charge in [0.05, 0.1) is 28.8 Å². The molecule has 2 saturated heterocycles. The Bertz CT molecular complexity index is 1400. The van der Waals surface area contributed by atoms with Gasteiger partial charge in [0, 0.05) is 60.8 Å². The van der Waals surface area contributed by atoms with Crippen molar-refractivity contribution in [1.29, 1.82) is 0 Å². The number of halogens is 4. The van der Waals surface area contributed by atoms with Gasteiger partial charge in [-0.25, -0.2) is 4.79 Å². The molecule has 45 heavy (non-hydrogen) atoms. The number of nitrogens with zero attached hydrogens (tertiary/aromatic N) is 5. The summed E-state index contributed by atoms with van der Waals surface area (Å²) in [5.74, 6) is -0.482. The standard InChI is InChI=1S/C32H39Cl4N5O4/c1-21(42)19-40-10-4-11-41(32(40)44)26-7-12-39(13-8-26)14-9-27(22-5-6-28(35)29(36)17-22)30(37-45-3)20-38(2)31(43)23-15-24(33)18-25(34)16-23/h5-6,15-18,26-27H,4,7-14,19-20H2,1-3H3/b37-30+. The number of carbonyl (C=O) groups excluding carboxylic acids is 3. The highest BCUT2D eigenvalue weighted by Gasteiger charge is 2.34. The highest BCUT2D eigenvalue weighted by atomic mass is 35.5. The number of oxime groups is 1. The summed E-state index contributed by atoms with van der Waals surface area (Å²) in [5, 5.41) is 6.01. The number of benzene rings is 2. The summed E-state index contributed by atoms with van der Waals surface area (Å²) in [4.78, 5) is 50.9. The van der Waals surface area contributed by atoms with E-state index in [0.717, 1.165) is 51.0 Å². The van der Waals surface area contributed by atoms with Crippen LogP contribution in [0.4, 0.5) is 4.79 Å². The third-order valence-electron chi connectivity index (χ3n) is 8.30. The predicted molar refractivity (Wildman–Crippen MR) is 180 cm³/mol. The molecule has 0 aliphatic carbocycles. The first kappa shape index (κ1) is 35.3. The Morgan fingerprint density at radius 2 is 1.69 bits per heavy atom. The SMILES string of the molecule is CO/N=C(\CN(C)C(=O)c1cc(Cl)cc(Cl)c1)C(CCN1CCC(N2CCCN(CC(C)=O)C2=O)CC1)c1ccc(Cl)c(Cl)c1. The second kappa shape index (κ2) is 16.3. The fourth-order valence-corrected chi connectivity index (χ4v) is 6.95. The summed E-state index contributed by atoms with van der Waals surface area (Å²) in [7, 11) is 3.17. The molecule has 13 heteroatoms. The summed E-state index contributed by atoms with van der Waals surface area (Å²) in [6.45, 7) is 5.65. The molecule has 1 atom stereocenters. The van der Waals surface area contributed by atoms with Crippen LogP contribution < -0.4 is 0 Å². The van der Waals surface area contributed by atoms with Crippen molar-refractivity contribution < 1.29 is 19.2 Å². The van der Waals surface area contributed by atoms with Crippen molar-refractivity contribution in [1.82, 2.24) is 19.6 Å². The maximum atomic E-state index is 13.3. The largest absolute Gasteiger partial charge is 0.399 e. The van der Waals surface area contributed by atoms with Crippen LogP contribution in [0.5, 0.6) is 0 Å². The highest BCUT2D eigenvalue weighted by Crippen LogP contribution is 2.31. The summed E-state index contributed by atoms with van der Waals surface area (Å²) in [6.07, 6.45) is 3.27. The molecule has 2 aliphatic heterocycles. The predicted octanol–water partition coefficient (Wildman–Crippen LogP) is 6.73. The number of carbonyl (C=O) groups is 3. The lowest BCUT2D eigenvalue weighted by Crippen LogP contribution is -2.56. The normalized spacial score (nSPS) is 17.4. The zero-order valence-electron chi connectivity index (χ0n) is 25.8. The van der Waals surface area contributed by atoms with Crippen LogP contribution in [-0.4, -0.2) is 109 Å². The van der Waals surface area contributed by atoms with E-state index in [-0.39, 0.29) is 42.8 Å². The first-order valence-corrected chi connectivity index (χ1v) is 16.5. The Morgan fingerprint density at radius 1 is 1.00 bits per heavy atom. The number of piperidine rings is 1. The van der Waals surface area contributed by atoms with E-state index in [1.807, 2.05) is 17.0 Å². The number of amides is 3. The molecule has 2 aliphatic rings. The molecule has 244 valence electrons. The maximum absolute atomic E-state index is 13.3. The number of hydrogen-bond donors (Lipinski definition) is 0. The van der Waals surface area contributed by atoms with E-state index >= 15 is 0 Å². The summed E-state index contributed by atoms with van der Waals surface area (Å²) < 4.78 is 0. The van der Waals surface area contributed by atoms with Crippen molar-refractivity contribution in [2.24, 2.45) is 5.16 Å². The molecule has 2 aromatic carbocycles. The van der Waals surface area contributed by atoms with Crippen LogP contribution in [0.25, 0.3) is 0 Å². The molecular formula is C32H39Cl4N5O4. The minimum atomic E-state index is -0.257. The summed E-state index contributed by atoms with van der Waals surface area (Å²) in [6, 6.07) is 10.4. The Hall–Kier alpha value is -2.56. The molecule has 0 radical (unpaired) electrons. The van der Waals surface area contributed by atoms with E-state index in [4.69, 9.17) is 51.2 Å². The molecule has 0 spiro atoms. The average molecular weight is 700 g/mol. The molecule has 2 fully saturated rings. The number of hydrogen-bond acceptors (Lipinski definition) is 6. The van der Waals surface area contributed by atoms with Gasteiger partial charge < -0.3 is 24.4 Å². The number of likely N-dealkylation sites (tertiary alicyclic amines) is 1. The summed E-state index contributed by atoms with van der Waals surface area (Å²) in [5.41, 5.74) is 1.93. The van der Waals surface area contributed by atoms with Crippen LogP contribution in [0.3, 0.4) is 0 Å². The quantitative estimate of drug-likeness (QED) is 0.181. The third-order valence-corrected chi connectivity index (χ3v) is 9.48. The van der Waals surface area contributed by atoms with Gasteiger partial charge in [-0.3, -0.25) is 9.59 Å². The fourth-order valence-electron chi connectivity index (χ4n) is 6.11. The first-order valence-electron chi connectivity index (χ1n) is 15.0. The van der Waals surface area contributed by atoms with Crippen LogP contribution in [0, 0.1) is 0 Å². The lowest BCUT2D eigenvalue weighted by atomic mass is 9.89. The molecule has 4 rings (SSSR count). The van der Waals surface area contributed by atoms with Gasteiger partial charge in [-0.2, -0.15) is 0 Å². The highest BCUT2D eigenvalue weighted by molar-refractivity contribution is 6.42. The van der Waals surface area contributed by atoms with Gasteiger partial charge in [0.25, 0.3) is 5.91 Å². The van der Waals surface area contributed by atoms with E-state index in [1.165, 1.54) is 14.0 Å². The fraction of sp³-hybridized carbons (Fsp3) is 0.500. The Morgan fingerprint density at radius 3 is 2.31 bits per heavy atom. The Labute approximate surface area is 284 Å². The number of Topliss-reactive ketones (excluding diaryl/α,β-unsaturated/α-hetero) is 1. The van der Waals surface area contributed by atoms with Gasteiger partial charge >= 0.3 is 6.03 Å². The number of rotatable bonds is 12. The van der Waals surface area contributed by atoms with Crippen molar-refractivity contribution in [3.63, 3.8) is 0 Å². The van der Waals surface area contributed by atoms with Crippen LogP contribution in [0.15, 0.2) is 41.6 Å². The van der Waals surface area contributed by atoms with Crippen molar-refractivity contribution >= 4 is 69.8 Å². The lowest BCUT2D eigenvalue weighted by molar-refractivity contribution is -0.118. The maximum Gasteiger partial charge on any atom is 0.320 e. The minimum absolute atomic E-state index is 0.00245. The summed E-state index contributed by atoms with van der Waals surface area (Å²) >= 11 is 25.0. The number of ketones is 1. The van der Waals surface area contributed by atoms with Crippen LogP contribution in [0.1, 0.15) is 54.4 Å². The lowest BCUT2D eigenvalue weighted by Gasteiger charge is -2.43. The van der Waals surface area contributed by atoms with Crippen molar-refractivity contribution in [2.45, 2.75) is 44.6 Å². The number of urea groups is 1. The van der Waals surface area contributed by atoms with Crippen molar-refractivity contribution in [2.75, 3.05) is 60.0 Å². The van der Waals surface area contributed by atoms with Crippen molar-refractivity contribution in [3.05, 3.63) is 67.6 Å². The van der Waals surface area contributed by atoms with Crippen molar-refractivity contribution in [3.8, 4) is 0 Å². The van der Waals surface area contributed by atoms with E-state index in [0.29, 0.717) is 44.3 Å². The van der Waals surface area contributed by atoms with Crippen LogP contribution in [-0.2, 0) is 9.63 Å². The van der Waals surface area contributed by atoms with Gasteiger partial charge in [0.2, 0.25) is 0 Å². The van der Waals surface area contributed by atoms with Crippen LogP contribution in [0.2, 0.25) is 20.1 Å². The molecule has 3 amide bonds. The molecule has 2 heterocycles. The molecule has 0 bridgehead atoms. The zero-order chi connectivity index (χ0) is 32.7. The molecule has 0 saturated carbocycles. The molecular weight excluding hydrogens is 660 g/mol. The van der Waals surface area contributed by atoms with Gasteiger partial charge in [-0.15, -0.1) is 0 Å². The molecule has 1 unspecified atom stereocenters. The molecule has 9 nitrogen and oxygen atoms in total. The average Bonchev–Trinajstić information content (AvgIpc) is 2.99. The second-order valence-electron chi connectivity index (χ2n) is 11.6. The van der Waals surface area contributed by atoms with Gasteiger partial charge in [0.15, 0.2) is 0 Å². The monoisotopic (exact) mass is 697 g/mol. The minimum Gasteiger partial charge on any atom is -0.399 e. The van der Waals surface area contributed by atoms with Gasteiger partial charge in [0.1, 0.15) is 12.9 Å². The second-order valence-corrected chi connectivity index (χ2v) is 13.3. The van der Waals surface area contributed by atoms with Crippen LogP contribution >= 0.6 is 46.4 Å². The molecule has 0 aromatic heterocycles. The van der Waals surface area contributed by atoms with E-state index in [1.54, 1.807) is 41.1 Å². The Balaban J connectivity index is 1.45. The first-order chi connectivity index (χ1) is 21.5. The zero-order valence-corrected chi connectivity index (χ0v) is 28.8. The van der Waals surface area contributed by atoms with E-state index in [9.17, 15) is 14.4 Å². The topological polar surface area (TPSA) is 85.8 Å². The van der Waals surface area contributed by atoms with E-state index < -0.39 is 0 Å². The molecule has 2 aromatic rings. The van der Waals surface area contributed by atoms with Gasteiger partial charge in [-0.05, 0) is 75.0 Å². The van der Waals surface area contributed by atoms with Gasteiger partial charge in [-0.1, -0.05) is 57.6 Å². The smallest absolute Gasteiger partial charge is 0.320 e. The molecule has 0 N–H and O–H groups in total.